The van der Waals surface area contributed by atoms with Crippen molar-refractivity contribution in [1.29, 1.82) is 0 Å². The van der Waals surface area contributed by atoms with E-state index < -0.39 is 24.8 Å². The summed E-state index contributed by atoms with van der Waals surface area (Å²) in [5.41, 5.74) is 0.307. The van der Waals surface area contributed by atoms with Gasteiger partial charge in [0.05, 0.1) is 19.3 Å². The molecule has 0 heterocycles. The summed E-state index contributed by atoms with van der Waals surface area (Å²) >= 11 is 0. The third kappa shape index (κ3) is 3.99. The van der Waals surface area contributed by atoms with Crippen LogP contribution in [-0.2, 0) is 4.74 Å². The van der Waals surface area contributed by atoms with Crippen molar-refractivity contribution in [2.24, 2.45) is 0 Å². The van der Waals surface area contributed by atoms with E-state index in [9.17, 15) is 9.90 Å². The number of aliphatic hydroxyl groups is 3. The quantitative estimate of drug-likeness (QED) is 0.597. The highest BCUT2D eigenvalue weighted by Gasteiger charge is 2.17. The molecule has 0 bridgehead atoms. The Kier molecular flexibility index (Phi) is 5.57. The maximum absolute atomic E-state index is 11.5. The van der Waals surface area contributed by atoms with Crippen molar-refractivity contribution in [1.82, 2.24) is 0 Å². The van der Waals surface area contributed by atoms with Crippen LogP contribution in [0.4, 0.5) is 0 Å². The number of carbonyl (C=O) groups excluding carboxylic acids is 1. The number of carbonyl (C=O) groups is 1. The van der Waals surface area contributed by atoms with Gasteiger partial charge in [-0.3, -0.25) is 0 Å². The van der Waals surface area contributed by atoms with Crippen LogP contribution in [0.1, 0.15) is 10.4 Å². The molecule has 0 saturated heterocycles. The first kappa shape index (κ1) is 14.4. The van der Waals surface area contributed by atoms with Gasteiger partial charge in [-0.25, -0.2) is 4.79 Å². The molecule has 6 heteroatoms. The highest BCUT2D eigenvalue weighted by molar-refractivity contribution is 5.89. The maximum Gasteiger partial charge on any atom is 0.338 e. The van der Waals surface area contributed by atoms with Crippen LogP contribution in [0.3, 0.4) is 0 Å². The number of ether oxygens (including phenoxy) is 2. The Balaban J connectivity index is 2.49. The fourth-order valence-corrected chi connectivity index (χ4v) is 1.20. The van der Waals surface area contributed by atoms with E-state index in [0.29, 0.717) is 11.3 Å². The third-order valence-corrected chi connectivity index (χ3v) is 2.34. The van der Waals surface area contributed by atoms with Crippen molar-refractivity contribution in [3.63, 3.8) is 0 Å². The molecule has 0 saturated carbocycles. The Hall–Kier alpha value is -1.63. The van der Waals surface area contributed by atoms with Gasteiger partial charge in [-0.15, -0.1) is 0 Å². The number of hydrogen-bond acceptors (Lipinski definition) is 6. The Bertz CT molecular complexity index is 375. The number of rotatable bonds is 6. The molecule has 0 aliphatic rings. The minimum atomic E-state index is -1.33. The van der Waals surface area contributed by atoms with Crippen molar-refractivity contribution in [2.75, 3.05) is 20.3 Å². The fraction of sp³-hybridized carbons (Fsp3) is 0.417. The normalized spacial score (nSPS) is 13.8. The molecule has 18 heavy (non-hydrogen) atoms. The predicted molar refractivity (Wildman–Crippen MR) is 62.4 cm³/mol. The second kappa shape index (κ2) is 6.95. The SMILES string of the molecule is COc1ccc(C(=O)OC[C@H](O)[C@H](O)CO)cc1. The maximum atomic E-state index is 11.5. The van der Waals surface area contributed by atoms with Gasteiger partial charge in [0.15, 0.2) is 0 Å². The van der Waals surface area contributed by atoms with Gasteiger partial charge in [-0.05, 0) is 24.3 Å². The molecule has 0 unspecified atom stereocenters. The Morgan fingerprint density at radius 1 is 1.22 bits per heavy atom. The van der Waals surface area contributed by atoms with E-state index in [-0.39, 0.29) is 6.61 Å². The molecule has 1 rings (SSSR count). The lowest BCUT2D eigenvalue weighted by molar-refractivity contribution is -0.0467. The van der Waals surface area contributed by atoms with E-state index in [1.165, 1.54) is 19.2 Å². The molecule has 6 nitrogen and oxygen atoms in total. The van der Waals surface area contributed by atoms with Gasteiger partial charge in [-0.1, -0.05) is 0 Å². The van der Waals surface area contributed by atoms with Crippen molar-refractivity contribution < 1.29 is 29.6 Å². The van der Waals surface area contributed by atoms with Gasteiger partial charge in [0, 0.05) is 0 Å². The van der Waals surface area contributed by atoms with E-state index in [1.807, 2.05) is 0 Å². The van der Waals surface area contributed by atoms with Crippen LogP contribution >= 0.6 is 0 Å². The van der Waals surface area contributed by atoms with Crippen LogP contribution in [0.15, 0.2) is 24.3 Å². The molecule has 1 aromatic rings. The van der Waals surface area contributed by atoms with Crippen LogP contribution in [0.25, 0.3) is 0 Å². The van der Waals surface area contributed by atoms with Crippen LogP contribution in [0, 0.1) is 0 Å². The summed E-state index contributed by atoms with van der Waals surface area (Å²) in [5, 5.41) is 26.9. The lowest BCUT2D eigenvalue weighted by Crippen LogP contribution is -2.34. The van der Waals surface area contributed by atoms with Crippen molar-refractivity contribution in [3.8, 4) is 5.75 Å². The number of methoxy groups -OCH3 is 1. The molecule has 0 fully saturated rings. The molecule has 0 amide bonds. The first-order chi connectivity index (χ1) is 8.58. The first-order valence-corrected chi connectivity index (χ1v) is 5.36. The fourth-order valence-electron chi connectivity index (χ4n) is 1.20. The molecule has 0 aromatic heterocycles. The summed E-state index contributed by atoms with van der Waals surface area (Å²) in [7, 11) is 1.51. The third-order valence-electron chi connectivity index (χ3n) is 2.34. The van der Waals surface area contributed by atoms with Crippen LogP contribution < -0.4 is 4.74 Å². The van der Waals surface area contributed by atoms with Gasteiger partial charge in [-0.2, -0.15) is 0 Å². The number of esters is 1. The smallest absolute Gasteiger partial charge is 0.338 e. The zero-order valence-corrected chi connectivity index (χ0v) is 9.94. The average molecular weight is 256 g/mol. The second-order valence-electron chi connectivity index (χ2n) is 3.64. The van der Waals surface area contributed by atoms with E-state index in [1.54, 1.807) is 12.1 Å². The summed E-state index contributed by atoms with van der Waals surface area (Å²) in [6, 6.07) is 6.26. The van der Waals surface area contributed by atoms with E-state index >= 15 is 0 Å². The van der Waals surface area contributed by atoms with Gasteiger partial charge in [0.2, 0.25) is 0 Å². The zero-order valence-electron chi connectivity index (χ0n) is 9.94. The molecule has 3 N–H and O–H groups in total. The van der Waals surface area contributed by atoms with E-state index in [0.717, 1.165) is 0 Å². The molecular formula is C12H16O6. The summed E-state index contributed by atoms with van der Waals surface area (Å²) in [6.45, 7) is -0.978. The molecule has 1 aromatic carbocycles. The molecule has 100 valence electrons. The number of aliphatic hydroxyl groups excluding tert-OH is 3. The summed E-state index contributed by atoms with van der Waals surface area (Å²) < 4.78 is 9.73. The molecular weight excluding hydrogens is 240 g/mol. The highest BCUT2D eigenvalue weighted by Crippen LogP contribution is 2.12. The minimum Gasteiger partial charge on any atom is -0.497 e. The van der Waals surface area contributed by atoms with Crippen molar-refractivity contribution in [3.05, 3.63) is 29.8 Å². The number of hydrogen-bond donors (Lipinski definition) is 3. The molecule has 0 aliphatic heterocycles. The van der Waals surface area contributed by atoms with Gasteiger partial charge < -0.3 is 24.8 Å². The zero-order chi connectivity index (χ0) is 13.5. The lowest BCUT2D eigenvalue weighted by Gasteiger charge is -2.15. The van der Waals surface area contributed by atoms with Crippen molar-refractivity contribution in [2.45, 2.75) is 12.2 Å². The molecule has 0 radical (unpaired) electrons. The standard InChI is InChI=1S/C12H16O6/c1-17-9-4-2-8(3-5-9)12(16)18-7-11(15)10(14)6-13/h2-5,10-11,13-15H,6-7H2,1H3/t10-,11+/m1/s1. The second-order valence-corrected chi connectivity index (χ2v) is 3.64. The average Bonchev–Trinajstić information content (AvgIpc) is 2.43. The van der Waals surface area contributed by atoms with Gasteiger partial charge in [0.1, 0.15) is 24.6 Å². The largest absolute Gasteiger partial charge is 0.497 e. The van der Waals surface area contributed by atoms with Crippen LogP contribution in [0.5, 0.6) is 5.75 Å². The number of benzene rings is 1. The Morgan fingerprint density at radius 2 is 1.83 bits per heavy atom. The monoisotopic (exact) mass is 256 g/mol. The highest BCUT2D eigenvalue weighted by atomic mass is 16.5. The van der Waals surface area contributed by atoms with E-state index in [2.05, 4.69) is 0 Å². The summed E-state index contributed by atoms with van der Waals surface area (Å²) in [5.74, 6) is -0.0101. The van der Waals surface area contributed by atoms with Crippen molar-refractivity contribution >= 4 is 5.97 Å². The van der Waals surface area contributed by atoms with Gasteiger partial charge >= 0.3 is 5.97 Å². The molecule has 0 aliphatic carbocycles. The van der Waals surface area contributed by atoms with Crippen LogP contribution in [-0.4, -0.2) is 53.8 Å². The molecule has 0 spiro atoms. The summed E-state index contributed by atoms with van der Waals surface area (Å²) in [6.07, 6.45) is -2.63. The topological polar surface area (TPSA) is 96.2 Å². The lowest BCUT2D eigenvalue weighted by atomic mass is 10.2. The van der Waals surface area contributed by atoms with Crippen LogP contribution in [0.2, 0.25) is 0 Å². The summed E-state index contributed by atoms with van der Waals surface area (Å²) in [4.78, 5) is 11.5. The predicted octanol–water partition coefficient (Wildman–Crippen LogP) is -0.434. The Morgan fingerprint density at radius 3 is 2.33 bits per heavy atom. The Labute approximate surface area is 104 Å². The van der Waals surface area contributed by atoms with E-state index in [4.69, 9.17) is 19.7 Å². The molecule has 2 atom stereocenters. The first-order valence-electron chi connectivity index (χ1n) is 5.36. The van der Waals surface area contributed by atoms with Gasteiger partial charge in [0.25, 0.3) is 0 Å². The minimum absolute atomic E-state index is 0.307.